The number of nitrogen functional groups attached to an aromatic ring is 1. The summed E-state index contributed by atoms with van der Waals surface area (Å²) in [4.78, 5) is 18.0. The van der Waals surface area contributed by atoms with Gasteiger partial charge < -0.3 is 10.3 Å². The Hall–Kier alpha value is -1.33. The van der Waals surface area contributed by atoms with Gasteiger partial charge in [0, 0.05) is 18.7 Å². The molecule has 0 aliphatic rings. The van der Waals surface area contributed by atoms with Gasteiger partial charge in [-0.2, -0.15) is 0 Å². The van der Waals surface area contributed by atoms with E-state index in [1.54, 1.807) is 17.0 Å². The Kier molecular flexibility index (Phi) is 5.88. The number of hydrazine groups is 1. The van der Waals surface area contributed by atoms with Crippen LogP contribution in [0.4, 0.5) is 5.82 Å². The molecular formula is C12H19ClN4O. The average molecular weight is 271 g/mol. The van der Waals surface area contributed by atoms with Crippen molar-refractivity contribution >= 4 is 23.3 Å². The highest BCUT2D eigenvalue weighted by atomic mass is 35.5. The molecular weight excluding hydrogens is 252 g/mol. The Balaban J connectivity index is 2.90. The van der Waals surface area contributed by atoms with Gasteiger partial charge in [-0.05, 0) is 25.5 Å². The third-order valence-corrected chi connectivity index (χ3v) is 2.83. The van der Waals surface area contributed by atoms with Crippen molar-refractivity contribution in [3.8, 4) is 0 Å². The zero-order valence-electron chi connectivity index (χ0n) is 10.7. The molecule has 0 saturated heterocycles. The predicted molar refractivity (Wildman–Crippen MR) is 73.5 cm³/mol. The van der Waals surface area contributed by atoms with Crippen LogP contribution < -0.4 is 11.3 Å². The molecule has 0 unspecified atom stereocenters. The summed E-state index contributed by atoms with van der Waals surface area (Å²) in [6, 6.07) is 3.15. The molecule has 0 fully saturated rings. The minimum atomic E-state index is -0.0493. The van der Waals surface area contributed by atoms with Crippen LogP contribution >= 0.6 is 11.6 Å². The monoisotopic (exact) mass is 270 g/mol. The minimum absolute atomic E-state index is 0.0493. The molecule has 6 heteroatoms. The van der Waals surface area contributed by atoms with E-state index >= 15 is 0 Å². The number of nitrogens with two attached hydrogens (primary N) is 1. The van der Waals surface area contributed by atoms with E-state index in [1.165, 1.54) is 0 Å². The highest BCUT2D eigenvalue weighted by Gasteiger charge is 2.15. The van der Waals surface area contributed by atoms with E-state index in [2.05, 4.69) is 17.3 Å². The van der Waals surface area contributed by atoms with Crippen LogP contribution in [0.3, 0.4) is 0 Å². The summed E-state index contributed by atoms with van der Waals surface area (Å²) in [7, 11) is 0. The molecule has 3 N–H and O–H groups in total. The lowest BCUT2D eigenvalue weighted by atomic mass is 10.2. The quantitative estimate of drug-likeness (QED) is 0.473. The van der Waals surface area contributed by atoms with Crippen LogP contribution in [0.2, 0.25) is 5.15 Å². The predicted octanol–water partition coefficient (Wildman–Crippen LogP) is 2.28. The first-order valence-electron chi connectivity index (χ1n) is 6.05. The molecule has 0 atom stereocenters. The van der Waals surface area contributed by atoms with Gasteiger partial charge in [0.05, 0.1) is 0 Å². The Morgan fingerprint density at radius 1 is 1.50 bits per heavy atom. The highest BCUT2D eigenvalue weighted by molar-refractivity contribution is 6.29. The van der Waals surface area contributed by atoms with Crippen molar-refractivity contribution in [3.63, 3.8) is 0 Å². The lowest BCUT2D eigenvalue weighted by Gasteiger charge is -2.20. The third kappa shape index (κ3) is 3.85. The number of anilines is 1. The third-order valence-electron chi connectivity index (χ3n) is 2.64. The molecule has 1 aromatic heterocycles. The number of unbranched alkanes of at least 4 members (excludes halogenated alkanes) is 1. The Morgan fingerprint density at radius 3 is 2.78 bits per heavy atom. The van der Waals surface area contributed by atoms with Gasteiger partial charge in [0.2, 0.25) is 0 Å². The maximum Gasteiger partial charge on any atom is 0.254 e. The number of carbonyl (C=O) groups excluding carboxylic acids is 1. The number of carbonyl (C=O) groups is 1. The number of hydrogen-bond acceptors (Lipinski definition) is 4. The van der Waals surface area contributed by atoms with Gasteiger partial charge in [0.1, 0.15) is 11.0 Å². The van der Waals surface area contributed by atoms with Gasteiger partial charge in [0.25, 0.3) is 5.91 Å². The maximum atomic E-state index is 12.3. The zero-order valence-corrected chi connectivity index (χ0v) is 11.5. The van der Waals surface area contributed by atoms with Crippen molar-refractivity contribution in [2.45, 2.75) is 26.7 Å². The number of hydrogen-bond donors (Lipinski definition) is 2. The standard InChI is InChI=1S/C12H19ClN4O/c1-3-5-6-17(4-2)12(18)9-7-10(13)15-11(8-9)16-14/h7-8H,3-6,14H2,1-2H3,(H,15,16). The maximum absolute atomic E-state index is 12.3. The minimum Gasteiger partial charge on any atom is -0.339 e. The van der Waals surface area contributed by atoms with Crippen LogP contribution in [0.25, 0.3) is 0 Å². The molecule has 0 bridgehead atoms. The fraction of sp³-hybridized carbons (Fsp3) is 0.500. The Morgan fingerprint density at radius 2 is 2.22 bits per heavy atom. The van der Waals surface area contributed by atoms with Crippen molar-refractivity contribution < 1.29 is 4.79 Å². The summed E-state index contributed by atoms with van der Waals surface area (Å²) < 4.78 is 0. The lowest BCUT2D eigenvalue weighted by Crippen LogP contribution is -2.31. The second kappa shape index (κ2) is 7.18. The fourth-order valence-electron chi connectivity index (χ4n) is 1.63. The summed E-state index contributed by atoms with van der Waals surface area (Å²) in [6.07, 6.45) is 2.04. The average Bonchev–Trinajstić information content (AvgIpc) is 2.38. The molecule has 18 heavy (non-hydrogen) atoms. The van der Waals surface area contributed by atoms with E-state index in [-0.39, 0.29) is 11.1 Å². The van der Waals surface area contributed by atoms with E-state index in [4.69, 9.17) is 17.4 Å². The molecule has 1 rings (SSSR count). The molecule has 0 aliphatic carbocycles. The topological polar surface area (TPSA) is 71.2 Å². The Bertz CT molecular complexity index is 411. The van der Waals surface area contributed by atoms with Gasteiger partial charge in [-0.15, -0.1) is 0 Å². The molecule has 0 aromatic carbocycles. The fourth-order valence-corrected chi connectivity index (χ4v) is 1.84. The van der Waals surface area contributed by atoms with E-state index < -0.39 is 0 Å². The van der Waals surface area contributed by atoms with E-state index in [9.17, 15) is 4.79 Å². The van der Waals surface area contributed by atoms with E-state index in [1.807, 2.05) is 6.92 Å². The number of aromatic nitrogens is 1. The van der Waals surface area contributed by atoms with Crippen molar-refractivity contribution in [3.05, 3.63) is 22.8 Å². The molecule has 1 heterocycles. The summed E-state index contributed by atoms with van der Waals surface area (Å²) in [5, 5.41) is 0.250. The van der Waals surface area contributed by atoms with Crippen molar-refractivity contribution in [1.29, 1.82) is 0 Å². The number of pyridine rings is 1. The SMILES string of the molecule is CCCCN(CC)C(=O)c1cc(Cl)nc(NN)c1. The number of nitrogens with zero attached hydrogens (tertiary/aromatic N) is 2. The summed E-state index contributed by atoms with van der Waals surface area (Å²) in [5.74, 6) is 5.62. The molecule has 0 saturated carbocycles. The second-order valence-corrected chi connectivity index (χ2v) is 4.33. The van der Waals surface area contributed by atoms with E-state index in [0.29, 0.717) is 17.9 Å². The lowest BCUT2D eigenvalue weighted by molar-refractivity contribution is 0.0762. The summed E-state index contributed by atoms with van der Waals surface area (Å²) in [5.41, 5.74) is 2.90. The first kappa shape index (κ1) is 14.7. The van der Waals surface area contributed by atoms with Gasteiger partial charge in [-0.3, -0.25) is 4.79 Å². The van der Waals surface area contributed by atoms with Crippen LogP contribution in [0.1, 0.15) is 37.0 Å². The number of amides is 1. The summed E-state index contributed by atoms with van der Waals surface area (Å²) in [6.45, 7) is 5.47. The van der Waals surface area contributed by atoms with Gasteiger partial charge >= 0.3 is 0 Å². The smallest absolute Gasteiger partial charge is 0.254 e. The van der Waals surface area contributed by atoms with Crippen molar-refractivity contribution in [2.75, 3.05) is 18.5 Å². The van der Waals surface area contributed by atoms with Crippen LogP contribution in [0.5, 0.6) is 0 Å². The van der Waals surface area contributed by atoms with Gasteiger partial charge in [-0.25, -0.2) is 10.8 Å². The molecule has 1 amide bonds. The van der Waals surface area contributed by atoms with E-state index in [0.717, 1.165) is 19.4 Å². The summed E-state index contributed by atoms with van der Waals surface area (Å²) >= 11 is 5.85. The molecule has 1 aromatic rings. The molecule has 100 valence electrons. The van der Waals surface area contributed by atoms with Crippen LogP contribution in [0.15, 0.2) is 12.1 Å². The van der Waals surface area contributed by atoms with Gasteiger partial charge in [0.15, 0.2) is 0 Å². The molecule has 0 aliphatic heterocycles. The Labute approximate surface area is 112 Å². The highest BCUT2D eigenvalue weighted by Crippen LogP contribution is 2.16. The molecule has 0 radical (unpaired) electrons. The number of rotatable bonds is 6. The van der Waals surface area contributed by atoms with Gasteiger partial charge in [-0.1, -0.05) is 24.9 Å². The van der Waals surface area contributed by atoms with Crippen molar-refractivity contribution in [1.82, 2.24) is 9.88 Å². The van der Waals surface area contributed by atoms with Crippen LogP contribution in [-0.4, -0.2) is 28.9 Å². The first-order chi connectivity index (χ1) is 8.62. The normalized spacial score (nSPS) is 10.2. The number of halogens is 1. The first-order valence-corrected chi connectivity index (χ1v) is 6.43. The molecule has 5 nitrogen and oxygen atoms in total. The van der Waals surface area contributed by atoms with Crippen molar-refractivity contribution in [2.24, 2.45) is 5.84 Å². The zero-order chi connectivity index (χ0) is 13.5. The molecule has 0 spiro atoms. The number of nitrogens with one attached hydrogen (secondary N) is 1. The van der Waals surface area contributed by atoms with Crippen LogP contribution in [0, 0.1) is 0 Å². The van der Waals surface area contributed by atoms with Crippen LogP contribution in [-0.2, 0) is 0 Å². The second-order valence-electron chi connectivity index (χ2n) is 3.95. The largest absolute Gasteiger partial charge is 0.339 e.